The Hall–Kier alpha value is -4.41. The molecule has 3 aromatic carbocycles. The summed E-state index contributed by atoms with van der Waals surface area (Å²) in [5.74, 6) is 1.75. The van der Waals surface area contributed by atoms with Crippen molar-refractivity contribution in [3.63, 3.8) is 0 Å². The van der Waals surface area contributed by atoms with Gasteiger partial charge in [0.2, 0.25) is 22.9 Å². The molecule has 11 heteroatoms. The van der Waals surface area contributed by atoms with Gasteiger partial charge in [-0.05, 0) is 61.4 Å². The van der Waals surface area contributed by atoms with Crippen LogP contribution in [0.5, 0.6) is 0 Å². The van der Waals surface area contributed by atoms with Crippen LogP contribution in [0.4, 0.5) is 5.95 Å². The maximum Gasteiger partial charge on any atom is 0.338 e. The van der Waals surface area contributed by atoms with E-state index in [1.165, 1.54) is 11.8 Å². The van der Waals surface area contributed by atoms with Crippen LogP contribution in [0.3, 0.4) is 0 Å². The molecule has 0 spiro atoms. The van der Waals surface area contributed by atoms with Crippen LogP contribution >= 0.6 is 23.4 Å². The average Bonchev–Trinajstić information content (AvgIpc) is 3.64. The van der Waals surface area contributed by atoms with Crippen LogP contribution in [0.15, 0.2) is 99.7 Å². The molecule has 2 aromatic heterocycles. The molecule has 1 atom stereocenters. The maximum absolute atomic E-state index is 13.0. The molecule has 0 bridgehead atoms. The third-order valence-electron chi connectivity index (χ3n) is 6.53. The number of rotatable bonds is 8. The van der Waals surface area contributed by atoms with Crippen LogP contribution in [-0.4, -0.2) is 37.5 Å². The quantitative estimate of drug-likeness (QED) is 0.156. The fraction of sp³-hybridized carbons (Fsp3) is 0.167. The van der Waals surface area contributed by atoms with E-state index < -0.39 is 12.0 Å². The van der Waals surface area contributed by atoms with Crippen molar-refractivity contribution in [2.24, 2.45) is 0 Å². The molecule has 41 heavy (non-hydrogen) atoms. The molecule has 1 aliphatic heterocycles. The van der Waals surface area contributed by atoms with E-state index in [4.69, 9.17) is 30.8 Å². The van der Waals surface area contributed by atoms with E-state index in [-0.39, 0.29) is 6.61 Å². The number of thioether (sulfide) groups is 1. The predicted molar refractivity (Wildman–Crippen MR) is 157 cm³/mol. The lowest BCUT2D eigenvalue weighted by molar-refractivity contribution is -0.139. The molecule has 6 rings (SSSR count). The number of carbonyl (C=O) groups excluding carboxylic acids is 1. The van der Waals surface area contributed by atoms with Crippen molar-refractivity contribution in [3.05, 3.63) is 106 Å². The number of allylic oxidation sites excluding steroid dienone is 1. The van der Waals surface area contributed by atoms with Gasteiger partial charge in [-0.3, -0.25) is 0 Å². The van der Waals surface area contributed by atoms with Gasteiger partial charge in [0.25, 0.3) is 0 Å². The van der Waals surface area contributed by atoms with Crippen molar-refractivity contribution >= 4 is 35.3 Å². The van der Waals surface area contributed by atoms with Crippen LogP contribution < -0.4 is 5.32 Å². The molecule has 1 aliphatic rings. The Labute approximate surface area is 245 Å². The first kappa shape index (κ1) is 26.8. The van der Waals surface area contributed by atoms with Crippen LogP contribution in [0.25, 0.3) is 22.9 Å². The van der Waals surface area contributed by atoms with Gasteiger partial charge in [0, 0.05) is 27.6 Å². The second kappa shape index (κ2) is 11.6. The van der Waals surface area contributed by atoms with Gasteiger partial charge < -0.3 is 14.5 Å². The van der Waals surface area contributed by atoms with Gasteiger partial charge in [-0.1, -0.05) is 65.8 Å². The van der Waals surface area contributed by atoms with Crippen LogP contribution in [-0.2, 0) is 15.3 Å². The van der Waals surface area contributed by atoms with Gasteiger partial charge in [0.1, 0.15) is 6.04 Å². The van der Waals surface area contributed by atoms with Crippen molar-refractivity contribution in [2.75, 3.05) is 11.9 Å². The smallest absolute Gasteiger partial charge is 0.338 e. The third kappa shape index (κ3) is 5.61. The molecular formula is C30H25ClN6O3S. The van der Waals surface area contributed by atoms with Crippen molar-refractivity contribution in [3.8, 4) is 22.9 Å². The minimum Gasteiger partial charge on any atom is -0.463 e. The minimum atomic E-state index is -0.501. The summed E-state index contributed by atoms with van der Waals surface area (Å²) in [6.07, 6.45) is 0. The summed E-state index contributed by atoms with van der Waals surface area (Å²) in [5, 5.41) is 17.6. The molecule has 1 N–H and O–H groups in total. The lowest BCUT2D eigenvalue weighted by Crippen LogP contribution is -2.29. The highest BCUT2D eigenvalue weighted by atomic mass is 35.5. The fourth-order valence-corrected chi connectivity index (χ4v) is 5.46. The first-order valence-electron chi connectivity index (χ1n) is 13.0. The van der Waals surface area contributed by atoms with Crippen LogP contribution in [0, 0.1) is 0 Å². The standard InChI is InChI=1S/C30H25ClN6O3S/c1-3-39-28(38)24-18(2)32-29-33-30(36-37(29)25(24)20-13-15-23(31)16-14-20)41-17-19-9-11-22(12-10-19)27-35-34-26(40-27)21-7-5-4-6-8-21/h4-16,25H,3,17H2,1-2H3,(H,32,33,36). The highest BCUT2D eigenvalue weighted by Crippen LogP contribution is 2.37. The predicted octanol–water partition coefficient (Wildman–Crippen LogP) is 6.79. The number of halogens is 1. The molecule has 3 heterocycles. The summed E-state index contributed by atoms with van der Waals surface area (Å²) in [5.41, 5.74) is 4.81. The summed E-state index contributed by atoms with van der Waals surface area (Å²) in [7, 11) is 0. The van der Waals surface area contributed by atoms with Gasteiger partial charge >= 0.3 is 5.97 Å². The summed E-state index contributed by atoms with van der Waals surface area (Å²) >= 11 is 7.64. The zero-order chi connectivity index (χ0) is 28.3. The Bertz CT molecular complexity index is 1720. The van der Waals surface area contributed by atoms with E-state index in [0.29, 0.717) is 44.9 Å². The van der Waals surface area contributed by atoms with Gasteiger partial charge in [-0.15, -0.1) is 15.3 Å². The highest BCUT2D eigenvalue weighted by molar-refractivity contribution is 7.98. The molecule has 0 radical (unpaired) electrons. The van der Waals surface area contributed by atoms with Crippen LogP contribution in [0.1, 0.15) is 31.0 Å². The number of aromatic nitrogens is 5. The topological polar surface area (TPSA) is 108 Å². The second-order valence-corrected chi connectivity index (χ2v) is 10.6. The van der Waals surface area contributed by atoms with Crippen molar-refractivity contribution < 1.29 is 13.9 Å². The number of carbonyl (C=O) groups is 1. The molecule has 0 saturated carbocycles. The maximum atomic E-state index is 13.0. The number of hydrogen-bond donors (Lipinski definition) is 1. The summed E-state index contributed by atoms with van der Waals surface area (Å²) in [6.45, 7) is 3.90. The van der Waals surface area contributed by atoms with E-state index in [0.717, 1.165) is 22.3 Å². The SMILES string of the molecule is CCOC(=O)C1=C(C)Nc2nc(SCc3ccc(-c4nnc(-c5ccccc5)o4)cc3)nn2C1c1ccc(Cl)cc1. The second-order valence-electron chi connectivity index (χ2n) is 9.26. The zero-order valence-electron chi connectivity index (χ0n) is 22.2. The van der Waals surface area contributed by atoms with E-state index in [9.17, 15) is 4.79 Å². The van der Waals surface area contributed by atoms with Gasteiger partial charge in [0.05, 0.1) is 12.2 Å². The number of hydrogen-bond acceptors (Lipinski definition) is 9. The third-order valence-corrected chi connectivity index (χ3v) is 7.69. The number of anilines is 1. The lowest BCUT2D eigenvalue weighted by atomic mass is 9.96. The largest absolute Gasteiger partial charge is 0.463 e. The fourth-order valence-electron chi connectivity index (χ4n) is 4.55. The Morgan fingerprint density at radius 2 is 1.68 bits per heavy atom. The summed E-state index contributed by atoms with van der Waals surface area (Å²) < 4.78 is 13.0. The highest BCUT2D eigenvalue weighted by Gasteiger charge is 2.35. The molecule has 0 saturated heterocycles. The molecule has 1 unspecified atom stereocenters. The van der Waals surface area contributed by atoms with Crippen LogP contribution in [0.2, 0.25) is 5.02 Å². The van der Waals surface area contributed by atoms with E-state index in [2.05, 4.69) is 15.5 Å². The summed E-state index contributed by atoms with van der Waals surface area (Å²) in [4.78, 5) is 17.7. The number of benzene rings is 3. The number of esters is 1. The van der Waals surface area contributed by atoms with Gasteiger partial charge in [-0.25, -0.2) is 9.48 Å². The molecule has 9 nitrogen and oxygen atoms in total. The summed E-state index contributed by atoms with van der Waals surface area (Å²) in [6, 6.07) is 24.5. The Morgan fingerprint density at radius 3 is 2.37 bits per heavy atom. The van der Waals surface area contributed by atoms with E-state index in [1.54, 1.807) is 23.7 Å². The first-order chi connectivity index (χ1) is 20.0. The van der Waals surface area contributed by atoms with Crippen molar-refractivity contribution in [1.29, 1.82) is 0 Å². The molecule has 0 fully saturated rings. The van der Waals surface area contributed by atoms with E-state index in [1.807, 2.05) is 73.7 Å². The normalized spacial score (nSPS) is 14.5. The molecular weight excluding hydrogens is 560 g/mol. The average molecular weight is 585 g/mol. The van der Waals surface area contributed by atoms with Crippen molar-refractivity contribution in [2.45, 2.75) is 30.8 Å². The molecule has 206 valence electrons. The molecule has 5 aromatic rings. The first-order valence-corrected chi connectivity index (χ1v) is 14.3. The number of nitrogens with zero attached hydrogens (tertiary/aromatic N) is 5. The Balaban J connectivity index is 1.20. The zero-order valence-corrected chi connectivity index (χ0v) is 23.8. The van der Waals surface area contributed by atoms with Crippen molar-refractivity contribution in [1.82, 2.24) is 25.0 Å². The molecule has 0 aliphatic carbocycles. The monoisotopic (exact) mass is 584 g/mol. The Kier molecular flexibility index (Phi) is 7.58. The number of nitrogens with one attached hydrogen (secondary N) is 1. The van der Waals surface area contributed by atoms with Gasteiger partial charge in [0.15, 0.2) is 0 Å². The molecule has 0 amide bonds. The lowest BCUT2D eigenvalue weighted by Gasteiger charge is -2.28. The minimum absolute atomic E-state index is 0.272. The number of fused-ring (bicyclic) bond motifs is 1. The van der Waals surface area contributed by atoms with E-state index >= 15 is 0 Å². The van der Waals surface area contributed by atoms with Gasteiger partial charge in [-0.2, -0.15) is 4.98 Å². The Morgan fingerprint density at radius 1 is 1.00 bits per heavy atom. The number of ether oxygens (including phenoxy) is 1.